The molecular formula is C46H52N4O4. The van der Waals surface area contributed by atoms with Crippen LogP contribution in [0, 0.1) is 0 Å². The molecule has 0 saturated carbocycles. The van der Waals surface area contributed by atoms with Crippen LogP contribution >= 0.6 is 0 Å². The van der Waals surface area contributed by atoms with Crippen LogP contribution in [0.1, 0.15) is 50.8 Å². The van der Waals surface area contributed by atoms with Crippen molar-refractivity contribution in [2.24, 2.45) is 0 Å². The van der Waals surface area contributed by atoms with E-state index < -0.39 is 0 Å². The molecule has 0 amide bonds. The number of benzene rings is 4. The molecule has 8 nitrogen and oxygen atoms in total. The van der Waals surface area contributed by atoms with Crippen molar-refractivity contribution < 1.29 is 18.9 Å². The smallest absolute Gasteiger partial charge is 0.142 e. The minimum absolute atomic E-state index is 0.0532. The summed E-state index contributed by atoms with van der Waals surface area (Å²) in [7, 11) is 2.02. The second-order valence-electron chi connectivity index (χ2n) is 14.4. The van der Waals surface area contributed by atoms with Gasteiger partial charge in [-0.2, -0.15) is 0 Å². The molecule has 0 aromatic heterocycles. The molecule has 4 aromatic carbocycles. The monoisotopic (exact) mass is 724 g/mol. The molecule has 0 bridgehead atoms. The molecule has 3 aliphatic rings. The topological polar surface area (TPSA) is 49.9 Å². The fraction of sp³-hybridized carbons (Fsp3) is 0.304. The summed E-state index contributed by atoms with van der Waals surface area (Å²) in [5.41, 5.74) is 8.37. The molecule has 0 aliphatic carbocycles. The first-order valence-electron chi connectivity index (χ1n) is 18.7. The maximum absolute atomic E-state index is 6.23. The van der Waals surface area contributed by atoms with Crippen LogP contribution < -0.4 is 18.9 Å². The van der Waals surface area contributed by atoms with Gasteiger partial charge in [0.1, 0.15) is 49.9 Å². The van der Waals surface area contributed by atoms with Crippen molar-refractivity contribution in [1.29, 1.82) is 0 Å². The van der Waals surface area contributed by atoms with Gasteiger partial charge in [0.05, 0.1) is 0 Å². The fourth-order valence-corrected chi connectivity index (χ4v) is 7.80. The summed E-state index contributed by atoms with van der Waals surface area (Å²) in [4.78, 5) is 8.87. The Morgan fingerprint density at radius 2 is 0.963 bits per heavy atom. The molecule has 54 heavy (non-hydrogen) atoms. The molecule has 280 valence electrons. The van der Waals surface area contributed by atoms with E-state index >= 15 is 0 Å². The van der Waals surface area contributed by atoms with Gasteiger partial charge in [0, 0.05) is 74.3 Å². The van der Waals surface area contributed by atoms with Crippen molar-refractivity contribution in [1.82, 2.24) is 19.6 Å². The zero-order valence-corrected chi connectivity index (χ0v) is 31.5. The molecule has 8 heteroatoms. The van der Waals surface area contributed by atoms with Crippen LogP contribution in [0.25, 0.3) is 0 Å². The number of rotatable bonds is 16. The van der Waals surface area contributed by atoms with Crippen LogP contribution in [0.3, 0.4) is 0 Å². The van der Waals surface area contributed by atoms with Crippen LogP contribution in [0.15, 0.2) is 129 Å². The van der Waals surface area contributed by atoms with Crippen molar-refractivity contribution in [2.75, 3.05) is 60.1 Å². The highest BCUT2D eigenvalue weighted by molar-refractivity contribution is 5.52. The van der Waals surface area contributed by atoms with E-state index in [0.29, 0.717) is 26.9 Å². The number of likely N-dealkylation sites (N-methyl/N-ethyl adjacent to an activating group) is 1. The minimum Gasteiger partial charge on any atom is -0.478 e. The van der Waals surface area contributed by atoms with E-state index in [1.807, 2.05) is 31.4 Å². The van der Waals surface area contributed by atoms with Crippen LogP contribution in [0.2, 0.25) is 0 Å². The lowest BCUT2D eigenvalue weighted by Crippen LogP contribution is -2.32. The van der Waals surface area contributed by atoms with E-state index in [-0.39, 0.29) is 11.8 Å². The van der Waals surface area contributed by atoms with Crippen LogP contribution in [-0.2, 0) is 19.6 Å². The third kappa shape index (κ3) is 8.48. The van der Waals surface area contributed by atoms with E-state index in [9.17, 15) is 0 Å². The maximum atomic E-state index is 6.23. The molecule has 4 aromatic rings. The Morgan fingerprint density at radius 1 is 0.574 bits per heavy atom. The highest BCUT2D eigenvalue weighted by atomic mass is 16.5. The Morgan fingerprint density at radius 3 is 1.35 bits per heavy atom. The second-order valence-corrected chi connectivity index (χ2v) is 14.4. The van der Waals surface area contributed by atoms with Crippen molar-refractivity contribution in [3.63, 3.8) is 0 Å². The predicted octanol–water partition coefficient (Wildman–Crippen LogP) is 8.12. The first kappa shape index (κ1) is 37.2. The Hall–Kier alpha value is -5.12. The van der Waals surface area contributed by atoms with Gasteiger partial charge < -0.3 is 18.9 Å². The molecule has 0 spiro atoms. The summed E-state index contributed by atoms with van der Waals surface area (Å²) in [5, 5.41) is 0. The highest BCUT2D eigenvalue weighted by Crippen LogP contribution is 2.47. The normalized spacial score (nSPS) is 16.2. The number of hydrogen-bond donors (Lipinski definition) is 0. The summed E-state index contributed by atoms with van der Waals surface area (Å²) < 4.78 is 24.9. The van der Waals surface area contributed by atoms with Gasteiger partial charge in [0.15, 0.2) is 0 Å². The summed E-state index contributed by atoms with van der Waals surface area (Å²) >= 11 is 0. The van der Waals surface area contributed by atoms with Gasteiger partial charge in [-0.05, 0) is 59.6 Å². The highest BCUT2D eigenvalue weighted by Gasteiger charge is 2.32. The lowest BCUT2D eigenvalue weighted by molar-refractivity contribution is 0.107. The van der Waals surface area contributed by atoms with Crippen molar-refractivity contribution in [3.8, 4) is 23.0 Å². The Kier molecular flexibility index (Phi) is 12.0. The van der Waals surface area contributed by atoms with Gasteiger partial charge in [-0.1, -0.05) is 72.8 Å². The Balaban J connectivity index is 1.36. The van der Waals surface area contributed by atoms with E-state index in [1.165, 1.54) is 38.9 Å². The molecule has 0 N–H and O–H groups in total. The van der Waals surface area contributed by atoms with Gasteiger partial charge in [-0.25, -0.2) is 0 Å². The third-order valence-electron chi connectivity index (χ3n) is 10.3. The minimum atomic E-state index is -0.0544. The SMILES string of the molecule is C=CCN(C)COc1ccc(C(c2ccc3c(c2)CN(CC=C)CO3)C(c2ccc3c(c2)CN(CC=C)CO3)c2ccc3c(c2)CN(CC=C)CO3)cc1. The number of hydrogen-bond acceptors (Lipinski definition) is 8. The van der Waals surface area contributed by atoms with Crippen molar-refractivity contribution >= 4 is 0 Å². The summed E-state index contributed by atoms with van der Waals surface area (Å²) in [6.07, 6.45) is 7.68. The number of nitrogens with zero attached hydrogens (tertiary/aromatic N) is 4. The van der Waals surface area contributed by atoms with Gasteiger partial charge >= 0.3 is 0 Å². The fourth-order valence-electron chi connectivity index (χ4n) is 7.80. The molecule has 1 unspecified atom stereocenters. The maximum Gasteiger partial charge on any atom is 0.142 e. The first-order valence-corrected chi connectivity index (χ1v) is 18.7. The average Bonchev–Trinajstić information content (AvgIpc) is 3.19. The summed E-state index contributed by atoms with van der Waals surface area (Å²) in [6.45, 7) is 23.3. The third-order valence-corrected chi connectivity index (χ3v) is 10.3. The zero-order chi connectivity index (χ0) is 37.4. The van der Waals surface area contributed by atoms with Crippen molar-refractivity contribution in [2.45, 2.75) is 31.5 Å². The molecule has 3 heterocycles. The standard InChI is InChI=1S/C46H52N4O4/c1-6-20-47(5)30-51-41-15-10-34(11-16-41)45(35-12-17-42-38(24-35)27-48(21-7-2)31-52-42)46(36-13-18-43-39(25-36)28-49(22-8-3)32-53-43)37-14-19-44-40(26-37)29-50(23-9-4)33-54-44/h6-19,24-26,45-46H,1-4,20-23,27-33H2,5H3. The second kappa shape index (κ2) is 17.3. The van der Waals surface area contributed by atoms with E-state index in [4.69, 9.17) is 18.9 Å². The Labute approximate surface area is 320 Å². The summed E-state index contributed by atoms with van der Waals surface area (Å²) in [6, 6.07) is 28.9. The lowest BCUT2D eigenvalue weighted by atomic mass is 9.73. The van der Waals surface area contributed by atoms with Crippen molar-refractivity contribution in [3.05, 3.63) is 168 Å². The molecule has 3 aliphatic heterocycles. The van der Waals surface area contributed by atoms with Gasteiger partial charge in [-0.3, -0.25) is 19.6 Å². The predicted molar refractivity (Wildman–Crippen MR) is 216 cm³/mol. The zero-order valence-electron chi connectivity index (χ0n) is 31.5. The van der Waals surface area contributed by atoms with Crippen LogP contribution in [0.4, 0.5) is 0 Å². The number of ether oxygens (including phenoxy) is 4. The Bertz CT molecular complexity index is 1890. The first-order chi connectivity index (χ1) is 26.5. The van der Waals surface area contributed by atoms with Gasteiger partial charge in [-0.15, -0.1) is 26.3 Å². The van der Waals surface area contributed by atoms with E-state index in [0.717, 1.165) is 68.8 Å². The molecule has 1 atom stereocenters. The van der Waals surface area contributed by atoms with E-state index in [1.54, 1.807) is 0 Å². The number of fused-ring (bicyclic) bond motifs is 3. The molecule has 0 saturated heterocycles. The average molecular weight is 725 g/mol. The summed E-state index contributed by atoms with van der Waals surface area (Å²) in [5.74, 6) is 3.52. The largest absolute Gasteiger partial charge is 0.478 e. The quantitative estimate of drug-likeness (QED) is 0.0849. The van der Waals surface area contributed by atoms with Crippen LogP contribution in [0.5, 0.6) is 23.0 Å². The van der Waals surface area contributed by atoms with Gasteiger partial charge in [0.2, 0.25) is 0 Å². The van der Waals surface area contributed by atoms with E-state index in [2.05, 4.69) is 125 Å². The van der Waals surface area contributed by atoms with Gasteiger partial charge in [0.25, 0.3) is 0 Å². The molecule has 0 fully saturated rings. The lowest BCUT2D eigenvalue weighted by Gasteiger charge is -2.34. The molecule has 7 rings (SSSR count). The van der Waals surface area contributed by atoms with Crippen LogP contribution in [-0.4, -0.2) is 79.7 Å². The molecule has 0 radical (unpaired) electrons. The molecular weight excluding hydrogens is 673 g/mol.